The van der Waals surface area contributed by atoms with Gasteiger partial charge in [0.15, 0.2) is 22.6 Å². The normalized spacial score (nSPS) is 18.0. The van der Waals surface area contributed by atoms with Crippen molar-refractivity contribution in [3.63, 3.8) is 0 Å². The van der Waals surface area contributed by atoms with Crippen LogP contribution in [0.4, 0.5) is 10.2 Å². The Balaban J connectivity index is 0.995. The molecule has 4 atom stereocenters. The molecule has 14 heteroatoms. The van der Waals surface area contributed by atoms with Crippen LogP contribution >= 0.6 is 9.03 Å². The number of halogens is 1. The van der Waals surface area contributed by atoms with E-state index < -0.39 is 30.6 Å². The summed E-state index contributed by atoms with van der Waals surface area (Å²) in [4.78, 5) is 24.5. The number of esters is 1. The van der Waals surface area contributed by atoms with Crippen molar-refractivity contribution in [2.24, 2.45) is 0 Å². The maximum Gasteiger partial charge on any atom is 0.312 e. The number of fused-ring (bicyclic) bond motifs is 1. The largest absolute Gasteiger partial charge is 0.450 e. The fourth-order valence-corrected chi connectivity index (χ4v) is 7.67. The van der Waals surface area contributed by atoms with Gasteiger partial charge in [0.25, 0.3) is 0 Å². The molecule has 0 saturated carbocycles. The molecular formula is C44H59FN5O7P. The number of aliphatic hydroxyl groups excluding tert-OH is 2. The van der Waals surface area contributed by atoms with Crippen molar-refractivity contribution in [3.8, 4) is 35.2 Å². The zero-order valence-electron chi connectivity index (χ0n) is 33.7. The number of aromatic nitrogens is 4. The summed E-state index contributed by atoms with van der Waals surface area (Å²) in [6.45, 7) is 2.04. The Bertz CT molecular complexity index is 1920. The number of carbonyl (C=O) groups excluding carboxylic acids is 1. The Labute approximate surface area is 343 Å². The van der Waals surface area contributed by atoms with Crippen molar-refractivity contribution in [1.82, 2.24) is 19.5 Å². The van der Waals surface area contributed by atoms with E-state index in [2.05, 4.69) is 27.8 Å². The summed E-state index contributed by atoms with van der Waals surface area (Å²) in [5, 5.41) is 20.6. The first kappa shape index (κ1) is 44.9. The molecule has 58 heavy (non-hydrogen) atoms. The van der Waals surface area contributed by atoms with E-state index in [0.29, 0.717) is 42.3 Å². The molecule has 5 rings (SSSR count). The summed E-state index contributed by atoms with van der Waals surface area (Å²) in [5.41, 5.74) is 6.11. The first-order valence-electron chi connectivity index (χ1n) is 20.9. The molecular weight excluding hydrogens is 760 g/mol. The number of ether oxygens (including phenoxy) is 2. The standard InChI is InChI=1S/C44H59FN5O7P/c1-3-5-6-7-8-9-10-11-12-13-14-15-16-17-18-22-38(53)55-34-25-23-32(24-26-34)27-28-54-58-57-35-21-19-20-33(29-35)41-47-39-40(46)48-43(45)49-42(39)50(41)37-30-36(52)44(4-2,31-51)56-37/h2,19-21,23-26,29,36-37,51-52,58H,3,5-18,22,27-28,30-31H2,1H3,(H2,46,48,49)/t36-,37+,44+/m0/s1. The summed E-state index contributed by atoms with van der Waals surface area (Å²) in [6.07, 6.45) is 22.7. The van der Waals surface area contributed by atoms with E-state index in [9.17, 15) is 19.4 Å². The van der Waals surface area contributed by atoms with Gasteiger partial charge >= 0.3 is 12.0 Å². The van der Waals surface area contributed by atoms with Crippen LogP contribution in [0, 0.1) is 18.4 Å². The molecule has 0 aliphatic carbocycles. The lowest BCUT2D eigenvalue weighted by Gasteiger charge is -2.24. The second-order valence-corrected chi connectivity index (χ2v) is 15.7. The second kappa shape index (κ2) is 23.4. The van der Waals surface area contributed by atoms with Gasteiger partial charge in [-0.2, -0.15) is 14.4 Å². The molecule has 0 spiro atoms. The Morgan fingerprint density at radius 1 is 0.966 bits per heavy atom. The lowest BCUT2D eigenvalue weighted by atomic mass is 9.99. The average Bonchev–Trinajstić information content (AvgIpc) is 3.77. The van der Waals surface area contributed by atoms with E-state index in [1.807, 2.05) is 12.1 Å². The first-order chi connectivity index (χ1) is 28.3. The van der Waals surface area contributed by atoms with Crippen LogP contribution < -0.4 is 15.0 Å². The molecule has 1 aliphatic heterocycles. The molecule has 4 aromatic rings. The van der Waals surface area contributed by atoms with E-state index in [-0.39, 0.29) is 38.4 Å². The SMILES string of the molecule is C#C[C@]1(CO)O[C@@H](n2c(-c3cccc(OPOCCc4ccc(OC(=O)CCCCCCCCCCCCCCCCC)cc4)c3)nc3c(N)nc(F)nc32)C[C@@H]1O. The first-order valence-corrected chi connectivity index (χ1v) is 21.7. The van der Waals surface area contributed by atoms with E-state index in [1.54, 1.807) is 36.4 Å². The number of unbranched alkanes of at least 4 members (excludes halogenated alkanes) is 14. The molecule has 12 nitrogen and oxygen atoms in total. The summed E-state index contributed by atoms with van der Waals surface area (Å²) in [5.74, 6) is 3.28. The van der Waals surface area contributed by atoms with Crippen molar-refractivity contribution < 1.29 is 37.9 Å². The lowest BCUT2D eigenvalue weighted by Crippen LogP contribution is -2.41. The third kappa shape index (κ3) is 12.9. The molecule has 4 N–H and O–H groups in total. The zero-order valence-corrected chi connectivity index (χ0v) is 34.7. The van der Waals surface area contributed by atoms with Gasteiger partial charge < -0.3 is 34.5 Å². The third-order valence-electron chi connectivity index (χ3n) is 10.6. The molecule has 3 heterocycles. The smallest absolute Gasteiger partial charge is 0.312 e. The summed E-state index contributed by atoms with van der Waals surface area (Å²) in [6, 6.07) is 14.4. The topological polar surface area (TPSA) is 164 Å². The highest BCUT2D eigenvalue weighted by molar-refractivity contribution is 7.26. The molecule has 1 saturated heterocycles. The highest BCUT2D eigenvalue weighted by atomic mass is 31.1. The van der Waals surface area contributed by atoms with Gasteiger partial charge in [-0.1, -0.05) is 127 Å². The molecule has 314 valence electrons. The summed E-state index contributed by atoms with van der Waals surface area (Å²) in [7, 11) is -0.310. The van der Waals surface area contributed by atoms with E-state index in [1.165, 1.54) is 88.0 Å². The molecule has 1 unspecified atom stereocenters. The van der Waals surface area contributed by atoms with Crippen molar-refractivity contribution in [2.75, 3.05) is 18.9 Å². The highest BCUT2D eigenvalue weighted by Crippen LogP contribution is 2.41. The van der Waals surface area contributed by atoms with Crippen molar-refractivity contribution in [2.45, 2.75) is 140 Å². The molecule has 2 aromatic heterocycles. The van der Waals surface area contributed by atoms with Crippen molar-refractivity contribution >= 4 is 32.0 Å². The number of hydrogen-bond donors (Lipinski definition) is 3. The number of benzene rings is 2. The van der Waals surface area contributed by atoms with Crippen LogP contribution in [0.25, 0.3) is 22.6 Å². The minimum atomic E-state index is -1.65. The minimum Gasteiger partial charge on any atom is -0.450 e. The van der Waals surface area contributed by atoms with E-state index in [4.69, 9.17) is 30.7 Å². The van der Waals surface area contributed by atoms with Crippen LogP contribution in [0.5, 0.6) is 11.5 Å². The van der Waals surface area contributed by atoms with Crippen molar-refractivity contribution in [3.05, 3.63) is 60.2 Å². The van der Waals surface area contributed by atoms with Crippen LogP contribution in [-0.2, 0) is 20.5 Å². The van der Waals surface area contributed by atoms with Gasteiger partial charge in [0.2, 0.25) is 9.03 Å². The van der Waals surface area contributed by atoms with Gasteiger partial charge in [-0.3, -0.25) is 9.36 Å². The molecule has 0 bridgehead atoms. The van der Waals surface area contributed by atoms with Crippen LogP contribution in [-0.4, -0.2) is 60.6 Å². The van der Waals surface area contributed by atoms with Gasteiger partial charge in [0, 0.05) is 18.4 Å². The number of rotatable bonds is 26. The number of carbonyl (C=O) groups is 1. The Morgan fingerprint density at radius 3 is 2.24 bits per heavy atom. The quantitative estimate of drug-likeness (QED) is 0.0138. The summed E-state index contributed by atoms with van der Waals surface area (Å²) < 4.78 is 39.0. The number of imidazole rings is 1. The number of nitrogen functional groups attached to an aromatic ring is 1. The van der Waals surface area contributed by atoms with Gasteiger partial charge in [0.05, 0.1) is 13.2 Å². The van der Waals surface area contributed by atoms with Crippen LogP contribution in [0.15, 0.2) is 48.5 Å². The van der Waals surface area contributed by atoms with Gasteiger partial charge in [-0.25, -0.2) is 4.98 Å². The molecule has 0 amide bonds. The molecule has 1 aliphatic rings. The van der Waals surface area contributed by atoms with Gasteiger partial charge in [-0.05, 0) is 42.7 Å². The lowest BCUT2D eigenvalue weighted by molar-refractivity contribution is -0.134. The maximum absolute atomic E-state index is 14.3. The molecule has 1 fully saturated rings. The van der Waals surface area contributed by atoms with Crippen LogP contribution in [0.2, 0.25) is 0 Å². The Hall–Kier alpha value is -4.18. The number of aliphatic hydroxyl groups is 2. The number of hydrogen-bond acceptors (Lipinski definition) is 11. The third-order valence-corrected chi connectivity index (χ3v) is 11.2. The van der Waals surface area contributed by atoms with Crippen LogP contribution in [0.1, 0.15) is 128 Å². The van der Waals surface area contributed by atoms with Crippen molar-refractivity contribution in [1.29, 1.82) is 0 Å². The number of anilines is 1. The summed E-state index contributed by atoms with van der Waals surface area (Å²) >= 11 is 0. The zero-order chi connectivity index (χ0) is 41.2. The monoisotopic (exact) mass is 819 g/mol. The molecule has 2 aromatic carbocycles. The minimum absolute atomic E-state index is 0.0202. The Morgan fingerprint density at radius 2 is 1.62 bits per heavy atom. The second-order valence-electron chi connectivity index (χ2n) is 15.0. The van der Waals surface area contributed by atoms with E-state index in [0.717, 1.165) is 18.4 Å². The van der Waals surface area contributed by atoms with E-state index >= 15 is 0 Å². The molecule has 0 radical (unpaired) electrons. The maximum atomic E-state index is 14.3. The fraction of sp³-hybridized carbons (Fsp3) is 0.545. The Kier molecular flexibility index (Phi) is 18.1. The average molecular weight is 820 g/mol. The fourth-order valence-electron chi connectivity index (χ4n) is 7.21. The number of nitrogens with zero attached hydrogens (tertiary/aromatic N) is 4. The predicted octanol–water partition coefficient (Wildman–Crippen LogP) is 9.17. The van der Waals surface area contributed by atoms with Crippen LogP contribution in [0.3, 0.4) is 0 Å². The number of terminal acetylenes is 1. The van der Waals surface area contributed by atoms with Gasteiger partial charge in [-0.15, -0.1) is 6.42 Å². The predicted molar refractivity (Wildman–Crippen MR) is 225 cm³/mol. The number of nitrogens with two attached hydrogens (primary N) is 1. The van der Waals surface area contributed by atoms with Gasteiger partial charge in [0.1, 0.15) is 29.7 Å². The highest BCUT2D eigenvalue weighted by Gasteiger charge is 2.48.